The van der Waals surface area contributed by atoms with Gasteiger partial charge in [0.1, 0.15) is 11.4 Å². The number of fused-ring (bicyclic) bond motifs is 1. The molecule has 1 aliphatic heterocycles. The lowest BCUT2D eigenvalue weighted by atomic mass is 10.0. The van der Waals surface area contributed by atoms with Crippen molar-refractivity contribution in [2.24, 2.45) is 0 Å². The summed E-state index contributed by atoms with van der Waals surface area (Å²) in [5.74, 6) is 0.822. The van der Waals surface area contributed by atoms with Gasteiger partial charge in [0, 0.05) is 26.2 Å². The van der Waals surface area contributed by atoms with Gasteiger partial charge in [-0.15, -0.1) is 0 Å². The van der Waals surface area contributed by atoms with Crippen molar-refractivity contribution in [1.82, 2.24) is 9.80 Å². The van der Waals surface area contributed by atoms with Crippen LogP contribution < -0.4 is 5.32 Å². The Morgan fingerprint density at radius 2 is 1.69 bits per heavy atom. The average molecular weight is 436 g/mol. The summed E-state index contributed by atoms with van der Waals surface area (Å²) in [6.45, 7) is 8.89. The first-order chi connectivity index (χ1) is 15.3. The molecule has 0 atom stereocenters. The number of benzene rings is 2. The number of anilines is 1. The first kappa shape index (κ1) is 21.9. The second-order valence-electron chi connectivity index (χ2n) is 9.02. The van der Waals surface area contributed by atoms with E-state index < -0.39 is 11.7 Å². The van der Waals surface area contributed by atoms with Gasteiger partial charge in [-0.3, -0.25) is 15.0 Å². The van der Waals surface area contributed by atoms with Crippen molar-refractivity contribution in [3.8, 4) is 0 Å². The number of furan rings is 1. The van der Waals surface area contributed by atoms with Gasteiger partial charge in [0.25, 0.3) is 5.91 Å². The quantitative estimate of drug-likeness (QED) is 0.641. The SMILES string of the molecule is CC(C)(C)OC(=O)Nc1cc2ccccc2cc1C(=O)N1CCN(Cc2ccco2)CC1. The second kappa shape index (κ2) is 9.04. The highest BCUT2D eigenvalue weighted by Crippen LogP contribution is 2.27. The van der Waals surface area contributed by atoms with Crippen LogP contribution in [0.15, 0.2) is 59.2 Å². The maximum atomic E-state index is 13.5. The molecule has 4 rings (SSSR count). The number of carbonyl (C=O) groups is 2. The monoisotopic (exact) mass is 435 g/mol. The van der Waals surface area contributed by atoms with Gasteiger partial charge in [-0.1, -0.05) is 24.3 Å². The predicted molar refractivity (Wildman–Crippen MR) is 124 cm³/mol. The molecule has 1 N–H and O–H groups in total. The van der Waals surface area contributed by atoms with Crippen LogP contribution in [0.1, 0.15) is 36.9 Å². The van der Waals surface area contributed by atoms with Gasteiger partial charge in [-0.05, 0) is 55.8 Å². The van der Waals surface area contributed by atoms with E-state index in [1.165, 1.54) is 0 Å². The van der Waals surface area contributed by atoms with Crippen LogP contribution in [-0.2, 0) is 11.3 Å². The molecule has 0 unspecified atom stereocenters. The molecule has 3 aromatic rings. The minimum absolute atomic E-state index is 0.0977. The van der Waals surface area contributed by atoms with E-state index in [0.717, 1.165) is 36.2 Å². The molecule has 0 bridgehead atoms. The summed E-state index contributed by atoms with van der Waals surface area (Å²) in [6.07, 6.45) is 1.10. The van der Waals surface area contributed by atoms with E-state index in [9.17, 15) is 9.59 Å². The van der Waals surface area contributed by atoms with Crippen LogP contribution in [0.4, 0.5) is 10.5 Å². The fraction of sp³-hybridized carbons (Fsp3) is 0.360. The Labute approximate surface area is 187 Å². The third kappa shape index (κ3) is 5.29. The molecule has 1 fully saturated rings. The molecule has 32 heavy (non-hydrogen) atoms. The fourth-order valence-corrected chi connectivity index (χ4v) is 3.84. The summed E-state index contributed by atoms with van der Waals surface area (Å²) in [5.41, 5.74) is 0.296. The van der Waals surface area contributed by atoms with E-state index in [-0.39, 0.29) is 5.91 Å². The standard InChI is InChI=1S/C25H29N3O4/c1-25(2,3)32-24(30)26-22-16-19-8-5-4-7-18(19)15-21(22)23(29)28-12-10-27(11-13-28)17-20-9-6-14-31-20/h4-9,14-16H,10-13,17H2,1-3H3,(H,26,30). The van der Waals surface area contributed by atoms with E-state index in [1.807, 2.05) is 53.4 Å². The first-order valence-electron chi connectivity index (χ1n) is 10.9. The van der Waals surface area contributed by atoms with Crippen molar-refractivity contribution in [1.29, 1.82) is 0 Å². The summed E-state index contributed by atoms with van der Waals surface area (Å²) in [6, 6.07) is 15.3. The van der Waals surface area contributed by atoms with Gasteiger partial charge in [-0.25, -0.2) is 4.79 Å². The molecule has 1 saturated heterocycles. The Hall–Kier alpha value is -3.32. The summed E-state index contributed by atoms with van der Waals surface area (Å²) >= 11 is 0. The zero-order chi connectivity index (χ0) is 22.7. The minimum atomic E-state index is -0.630. The second-order valence-corrected chi connectivity index (χ2v) is 9.02. The van der Waals surface area contributed by atoms with Gasteiger partial charge in [0.05, 0.1) is 24.1 Å². The van der Waals surface area contributed by atoms with Crippen LogP contribution in [-0.4, -0.2) is 53.6 Å². The third-order valence-electron chi connectivity index (χ3n) is 5.37. The van der Waals surface area contributed by atoms with Gasteiger partial charge in [0.15, 0.2) is 0 Å². The number of nitrogens with zero attached hydrogens (tertiary/aromatic N) is 2. The van der Waals surface area contributed by atoms with Crippen LogP contribution in [0, 0.1) is 0 Å². The molecule has 1 aliphatic rings. The van der Waals surface area contributed by atoms with E-state index in [0.29, 0.717) is 24.3 Å². The maximum Gasteiger partial charge on any atom is 0.412 e. The van der Waals surface area contributed by atoms with Gasteiger partial charge in [-0.2, -0.15) is 0 Å². The fourth-order valence-electron chi connectivity index (χ4n) is 3.84. The topological polar surface area (TPSA) is 75.0 Å². The van der Waals surface area contributed by atoms with Crippen molar-refractivity contribution in [3.63, 3.8) is 0 Å². The number of piperazine rings is 1. The Balaban J connectivity index is 1.52. The summed E-state index contributed by atoms with van der Waals surface area (Å²) < 4.78 is 10.8. The zero-order valence-electron chi connectivity index (χ0n) is 18.8. The van der Waals surface area contributed by atoms with Crippen LogP contribution in [0.5, 0.6) is 0 Å². The molecule has 2 aromatic carbocycles. The molecule has 7 nitrogen and oxygen atoms in total. The van der Waals surface area contributed by atoms with Crippen molar-refractivity contribution in [2.75, 3.05) is 31.5 Å². The highest BCUT2D eigenvalue weighted by Gasteiger charge is 2.26. The summed E-state index contributed by atoms with van der Waals surface area (Å²) in [7, 11) is 0. The average Bonchev–Trinajstić information content (AvgIpc) is 3.25. The molecule has 2 heterocycles. The third-order valence-corrected chi connectivity index (χ3v) is 5.37. The lowest BCUT2D eigenvalue weighted by Crippen LogP contribution is -2.48. The van der Waals surface area contributed by atoms with Crippen LogP contribution in [0.2, 0.25) is 0 Å². The molecule has 0 aliphatic carbocycles. The molecule has 168 valence electrons. The van der Waals surface area contributed by atoms with Crippen LogP contribution in [0.3, 0.4) is 0 Å². The number of amides is 2. The van der Waals surface area contributed by atoms with Crippen molar-refractivity contribution >= 4 is 28.5 Å². The highest BCUT2D eigenvalue weighted by molar-refractivity contribution is 6.07. The number of hydrogen-bond acceptors (Lipinski definition) is 5. The van der Waals surface area contributed by atoms with Crippen molar-refractivity contribution in [3.05, 3.63) is 66.1 Å². The smallest absolute Gasteiger partial charge is 0.412 e. The number of carbonyl (C=O) groups excluding carboxylic acids is 2. The van der Waals surface area contributed by atoms with Crippen LogP contribution in [0.25, 0.3) is 10.8 Å². The van der Waals surface area contributed by atoms with Crippen molar-refractivity contribution < 1.29 is 18.7 Å². The molecule has 0 radical (unpaired) electrons. The molecule has 0 spiro atoms. The number of hydrogen-bond donors (Lipinski definition) is 1. The Bertz CT molecular complexity index is 1090. The maximum absolute atomic E-state index is 13.5. The van der Waals surface area contributed by atoms with Crippen LogP contribution >= 0.6 is 0 Å². The molecule has 7 heteroatoms. The van der Waals surface area contributed by atoms with E-state index in [1.54, 1.807) is 27.0 Å². The normalized spacial score (nSPS) is 15.0. The number of ether oxygens (including phenoxy) is 1. The molecular formula is C25H29N3O4. The number of rotatable bonds is 4. The first-order valence-corrected chi connectivity index (χ1v) is 10.9. The minimum Gasteiger partial charge on any atom is -0.468 e. The zero-order valence-corrected chi connectivity index (χ0v) is 18.8. The predicted octanol–water partition coefficient (Wildman–Crippen LogP) is 4.74. The molecule has 2 amide bonds. The van der Waals surface area contributed by atoms with Gasteiger partial charge in [0.2, 0.25) is 0 Å². The van der Waals surface area contributed by atoms with E-state index >= 15 is 0 Å². The van der Waals surface area contributed by atoms with Crippen molar-refractivity contribution in [2.45, 2.75) is 32.9 Å². The van der Waals surface area contributed by atoms with Gasteiger partial charge < -0.3 is 14.1 Å². The Morgan fingerprint density at radius 1 is 1.00 bits per heavy atom. The van der Waals surface area contributed by atoms with E-state index in [2.05, 4.69) is 10.2 Å². The highest BCUT2D eigenvalue weighted by atomic mass is 16.6. The van der Waals surface area contributed by atoms with Gasteiger partial charge >= 0.3 is 6.09 Å². The molecular weight excluding hydrogens is 406 g/mol. The largest absolute Gasteiger partial charge is 0.468 e. The Kier molecular flexibility index (Phi) is 6.19. The molecule has 1 aromatic heterocycles. The van der Waals surface area contributed by atoms with E-state index in [4.69, 9.17) is 9.15 Å². The molecule has 0 saturated carbocycles. The summed E-state index contributed by atoms with van der Waals surface area (Å²) in [5, 5.41) is 4.68. The summed E-state index contributed by atoms with van der Waals surface area (Å²) in [4.78, 5) is 30.0. The lowest BCUT2D eigenvalue weighted by molar-refractivity contribution is 0.0621. The lowest BCUT2D eigenvalue weighted by Gasteiger charge is -2.34. The Morgan fingerprint density at radius 3 is 2.31 bits per heavy atom. The number of nitrogens with one attached hydrogen (secondary N) is 1.